The van der Waals surface area contributed by atoms with Crippen molar-refractivity contribution >= 4 is 0 Å². The van der Waals surface area contributed by atoms with Crippen LogP contribution in [0.2, 0.25) is 0 Å². The van der Waals surface area contributed by atoms with E-state index < -0.39 is 12.7 Å². The van der Waals surface area contributed by atoms with E-state index in [2.05, 4.69) is 5.32 Å². The van der Waals surface area contributed by atoms with Crippen LogP contribution in [0, 0.1) is 0 Å². The van der Waals surface area contributed by atoms with Gasteiger partial charge in [0.05, 0.1) is 6.54 Å². The molecule has 0 bridgehead atoms. The Kier molecular flexibility index (Phi) is 4.95. The normalized spacial score (nSPS) is 15.5. The standard InChI is InChI=1S/C14H19F3N2O2/c1-3-19(8-14(15,16)17)7-11(18-2)10-4-5-12-13(6-10)21-9-20-12/h4-6,11,18H,3,7-9H2,1-2H3. The second-order valence-electron chi connectivity index (χ2n) is 4.90. The van der Waals surface area contributed by atoms with E-state index in [-0.39, 0.29) is 19.4 Å². The fraction of sp³-hybridized carbons (Fsp3) is 0.571. The largest absolute Gasteiger partial charge is 0.454 e. The Bertz CT molecular complexity index is 480. The first-order chi connectivity index (χ1) is 9.93. The van der Waals surface area contributed by atoms with Gasteiger partial charge in [-0.2, -0.15) is 13.2 Å². The van der Waals surface area contributed by atoms with E-state index in [9.17, 15) is 13.2 Å². The Hall–Kier alpha value is -1.47. The summed E-state index contributed by atoms with van der Waals surface area (Å²) in [6, 6.07) is 5.23. The maximum Gasteiger partial charge on any atom is 0.401 e. The summed E-state index contributed by atoms with van der Waals surface area (Å²) in [6.07, 6.45) is -4.19. The first-order valence-electron chi connectivity index (χ1n) is 6.79. The topological polar surface area (TPSA) is 33.7 Å². The predicted molar refractivity (Wildman–Crippen MR) is 72.5 cm³/mol. The quantitative estimate of drug-likeness (QED) is 0.876. The lowest BCUT2D eigenvalue weighted by Crippen LogP contribution is -2.39. The van der Waals surface area contributed by atoms with Crippen LogP contribution in [0.5, 0.6) is 11.5 Å². The van der Waals surface area contributed by atoms with Crippen LogP contribution in [0.15, 0.2) is 18.2 Å². The summed E-state index contributed by atoms with van der Waals surface area (Å²) in [5.41, 5.74) is 0.877. The van der Waals surface area contributed by atoms with Gasteiger partial charge in [-0.05, 0) is 31.3 Å². The molecular formula is C14H19F3N2O2. The van der Waals surface area contributed by atoms with Crippen LogP contribution in [0.3, 0.4) is 0 Å². The third-order valence-corrected chi connectivity index (χ3v) is 3.44. The van der Waals surface area contributed by atoms with Crippen LogP contribution in [-0.2, 0) is 0 Å². The number of ether oxygens (including phenoxy) is 2. The summed E-state index contributed by atoms with van der Waals surface area (Å²) in [5.74, 6) is 1.29. The number of nitrogens with one attached hydrogen (secondary N) is 1. The highest BCUT2D eigenvalue weighted by molar-refractivity contribution is 5.45. The number of hydrogen-bond donors (Lipinski definition) is 1. The molecule has 118 valence electrons. The molecule has 0 saturated heterocycles. The second-order valence-corrected chi connectivity index (χ2v) is 4.90. The van der Waals surface area contributed by atoms with Crippen LogP contribution in [-0.4, -0.2) is 44.6 Å². The van der Waals surface area contributed by atoms with Crippen molar-refractivity contribution in [2.75, 3.05) is 33.5 Å². The van der Waals surface area contributed by atoms with E-state index in [4.69, 9.17) is 9.47 Å². The molecular weight excluding hydrogens is 285 g/mol. The van der Waals surface area contributed by atoms with E-state index in [1.54, 1.807) is 20.0 Å². The number of hydrogen-bond acceptors (Lipinski definition) is 4. The second kappa shape index (κ2) is 6.53. The van der Waals surface area contributed by atoms with Gasteiger partial charge in [0.15, 0.2) is 11.5 Å². The lowest BCUT2D eigenvalue weighted by molar-refractivity contribution is -0.146. The molecule has 4 nitrogen and oxygen atoms in total. The number of likely N-dealkylation sites (N-methyl/N-ethyl adjacent to an activating group) is 2. The maximum absolute atomic E-state index is 12.5. The van der Waals surface area contributed by atoms with Gasteiger partial charge in [0, 0.05) is 12.6 Å². The van der Waals surface area contributed by atoms with Gasteiger partial charge in [0.1, 0.15) is 0 Å². The fourth-order valence-electron chi connectivity index (χ4n) is 2.31. The van der Waals surface area contributed by atoms with Crippen molar-refractivity contribution in [3.05, 3.63) is 23.8 Å². The van der Waals surface area contributed by atoms with Gasteiger partial charge >= 0.3 is 6.18 Å². The van der Waals surface area contributed by atoms with Gasteiger partial charge in [-0.3, -0.25) is 4.90 Å². The molecule has 0 saturated carbocycles. The minimum atomic E-state index is -4.19. The van der Waals surface area contributed by atoms with Crippen molar-refractivity contribution < 1.29 is 22.6 Å². The third kappa shape index (κ3) is 4.25. The molecule has 0 amide bonds. The van der Waals surface area contributed by atoms with E-state index in [1.165, 1.54) is 4.90 Å². The number of rotatable bonds is 6. The molecule has 21 heavy (non-hydrogen) atoms. The zero-order valence-electron chi connectivity index (χ0n) is 12.0. The molecule has 0 aromatic heterocycles. The molecule has 1 unspecified atom stereocenters. The minimum absolute atomic E-state index is 0.179. The van der Waals surface area contributed by atoms with Crippen molar-refractivity contribution in [1.82, 2.24) is 10.2 Å². The zero-order chi connectivity index (χ0) is 15.5. The molecule has 1 N–H and O–H groups in total. The molecule has 1 aliphatic rings. The summed E-state index contributed by atoms with van der Waals surface area (Å²) in [6.45, 7) is 1.59. The van der Waals surface area contributed by atoms with Crippen molar-refractivity contribution in [1.29, 1.82) is 0 Å². The van der Waals surface area contributed by atoms with Gasteiger partial charge in [0.25, 0.3) is 0 Å². The Morgan fingerprint density at radius 2 is 2.00 bits per heavy atom. The number of fused-ring (bicyclic) bond motifs is 1. The molecule has 2 rings (SSSR count). The number of halogens is 3. The number of benzene rings is 1. The van der Waals surface area contributed by atoms with E-state index in [0.29, 0.717) is 18.0 Å². The van der Waals surface area contributed by atoms with Crippen LogP contribution in [0.25, 0.3) is 0 Å². The highest BCUT2D eigenvalue weighted by atomic mass is 19.4. The van der Waals surface area contributed by atoms with Crippen LogP contribution in [0.1, 0.15) is 18.5 Å². The van der Waals surface area contributed by atoms with Crippen molar-refractivity contribution in [2.24, 2.45) is 0 Å². The Balaban J connectivity index is 2.08. The van der Waals surface area contributed by atoms with E-state index in [0.717, 1.165) is 5.56 Å². The molecule has 1 heterocycles. The maximum atomic E-state index is 12.5. The predicted octanol–water partition coefficient (Wildman–Crippen LogP) is 2.56. The first kappa shape index (κ1) is 15.9. The zero-order valence-corrected chi connectivity index (χ0v) is 12.0. The van der Waals surface area contributed by atoms with Crippen LogP contribution in [0.4, 0.5) is 13.2 Å². The molecule has 1 atom stereocenters. The van der Waals surface area contributed by atoms with Crippen molar-refractivity contribution in [2.45, 2.75) is 19.1 Å². The molecule has 7 heteroatoms. The summed E-state index contributed by atoms with van der Waals surface area (Å²) in [4.78, 5) is 1.37. The van der Waals surface area contributed by atoms with Gasteiger partial charge < -0.3 is 14.8 Å². The third-order valence-electron chi connectivity index (χ3n) is 3.44. The van der Waals surface area contributed by atoms with E-state index >= 15 is 0 Å². The molecule has 1 aliphatic heterocycles. The minimum Gasteiger partial charge on any atom is -0.454 e. The fourth-order valence-corrected chi connectivity index (χ4v) is 2.31. The van der Waals surface area contributed by atoms with E-state index in [1.807, 2.05) is 12.1 Å². The summed E-state index contributed by atoms with van der Waals surface area (Å²) < 4.78 is 48.1. The lowest BCUT2D eigenvalue weighted by atomic mass is 10.1. The van der Waals surface area contributed by atoms with Gasteiger partial charge in [-0.15, -0.1) is 0 Å². The SMILES string of the molecule is CCN(CC(NC)c1ccc2c(c1)OCO2)CC(F)(F)F. The van der Waals surface area contributed by atoms with Crippen LogP contribution >= 0.6 is 0 Å². The van der Waals surface area contributed by atoms with Gasteiger partial charge in [0.2, 0.25) is 6.79 Å². The Labute approximate surface area is 121 Å². The summed E-state index contributed by atoms with van der Waals surface area (Å²) in [5, 5.41) is 3.05. The van der Waals surface area contributed by atoms with Gasteiger partial charge in [-0.25, -0.2) is 0 Å². The number of nitrogens with zero attached hydrogens (tertiary/aromatic N) is 1. The average molecular weight is 304 g/mol. The highest BCUT2D eigenvalue weighted by Gasteiger charge is 2.31. The monoisotopic (exact) mass is 304 g/mol. The lowest BCUT2D eigenvalue weighted by Gasteiger charge is -2.27. The van der Waals surface area contributed by atoms with Gasteiger partial charge in [-0.1, -0.05) is 13.0 Å². The van der Waals surface area contributed by atoms with Crippen LogP contribution < -0.4 is 14.8 Å². The molecule has 0 aliphatic carbocycles. The Morgan fingerprint density at radius 3 is 2.62 bits per heavy atom. The van der Waals surface area contributed by atoms with Crippen molar-refractivity contribution in [3.8, 4) is 11.5 Å². The average Bonchev–Trinajstić information content (AvgIpc) is 2.89. The van der Waals surface area contributed by atoms with Crippen molar-refractivity contribution in [3.63, 3.8) is 0 Å². The number of alkyl halides is 3. The summed E-state index contributed by atoms with van der Waals surface area (Å²) in [7, 11) is 1.73. The molecule has 0 spiro atoms. The smallest absolute Gasteiger partial charge is 0.401 e. The first-order valence-corrected chi connectivity index (χ1v) is 6.79. The molecule has 1 aromatic carbocycles. The molecule has 0 radical (unpaired) electrons. The summed E-state index contributed by atoms with van der Waals surface area (Å²) >= 11 is 0. The Morgan fingerprint density at radius 1 is 1.29 bits per heavy atom. The highest BCUT2D eigenvalue weighted by Crippen LogP contribution is 2.34. The molecule has 0 fully saturated rings. The molecule has 1 aromatic rings.